The molecule has 1 aromatic heterocycles. The number of hydrogen-bond donors (Lipinski definition) is 2. The molecule has 1 aliphatic heterocycles. The van der Waals surface area contributed by atoms with Crippen molar-refractivity contribution >= 4 is 29.0 Å². The van der Waals surface area contributed by atoms with E-state index in [1.165, 1.54) is 0 Å². The minimum absolute atomic E-state index is 0.141. The normalized spacial score (nSPS) is 18.1. The van der Waals surface area contributed by atoms with Gasteiger partial charge < -0.3 is 20.3 Å². The van der Waals surface area contributed by atoms with Crippen LogP contribution >= 0.6 is 0 Å². The summed E-state index contributed by atoms with van der Waals surface area (Å²) >= 11 is 0. The molecule has 4 rings (SSSR count). The molecule has 3 aromatic rings. The zero-order chi connectivity index (χ0) is 22.5. The van der Waals surface area contributed by atoms with Gasteiger partial charge in [0.05, 0.1) is 35.3 Å². The van der Waals surface area contributed by atoms with Gasteiger partial charge in [-0.1, -0.05) is 30.3 Å². The molecule has 0 aliphatic carbocycles. The Kier molecular flexibility index (Phi) is 6.47. The quantitative estimate of drug-likeness (QED) is 0.634. The van der Waals surface area contributed by atoms with Crippen molar-refractivity contribution in [1.82, 2.24) is 4.98 Å². The average molecular weight is 431 g/mol. The summed E-state index contributed by atoms with van der Waals surface area (Å²) < 4.78 is 5.77. The monoisotopic (exact) mass is 430 g/mol. The lowest BCUT2D eigenvalue weighted by molar-refractivity contribution is -0.00545. The number of amides is 2. The first kappa shape index (κ1) is 21.5. The number of hydrogen-bond acceptors (Lipinski definition) is 5. The highest BCUT2D eigenvalue weighted by atomic mass is 16.5. The lowest BCUT2D eigenvalue weighted by atomic mass is 10.1. The summed E-state index contributed by atoms with van der Waals surface area (Å²) in [5.74, 6) is 0.253. The smallest absolute Gasteiger partial charge is 0.257 e. The fraction of sp³-hybridized carbons (Fsp3) is 0.240. The molecule has 1 aliphatic rings. The molecule has 0 saturated carbocycles. The van der Waals surface area contributed by atoms with Crippen molar-refractivity contribution in [1.29, 1.82) is 0 Å². The van der Waals surface area contributed by atoms with Gasteiger partial charge in [-0.05, 0) is 50.2 Å². The zero-order valence-electron chi connectivity index (χ0n) is 18.1. The van der Waals surface area contributed by atoms with Crippen molar-refractivity contribution in [3.63, 3.8) is 0 Å². The van der Waals surface area contributed by atoms with Crippen LogP contribution in [-0.4, -0.2) is 42.1 Å². The minimum atomic E-state index is -0.322. The Morgan fingerprint density at radius 1 is 0.875 bits per heavy atom. The van der Waals surface area contributed by atoms with Crippen molar-refractivity contribution in [2.45, 2.75) is 26.1 Å². The number of nitrogens with one attached hydrogen (secondary N) is 2. The van der Waals surface area contributed by atoms with Crippen LogP contribution in [0.15, 0.2) is 72.9 Å². The summed E-state index contributed by atoms with van der Waals surface area (Å²) in [6, 6.07) is 19.5. The number of morpholine rings is 1. The van der Waals surface area contributed by atoms with Crippen LogP contribution in [0.25, 0.3) is 0 Å². The predicted molar refractivity (Wildman–Crippen MR) is 125 cm³/mol. The summed E-state index contributed by atoms with van der Waals surface area (Å²) in [7, 11) is 0. The first-order chi connectivity index (χ1) is 15.5. The second kappa shape index (κ2) is 9.62. The van der Waals surface area contributed by atoms with Crippen molar-refractivity contribution in [2.24, 2.45) is 0 Å². The number of carbonyl (C=O) groups excluding carboxylic acids is 2. The summed E-state index contributed by atoms with van der Waals surface area (Å²) in [6.45, 7) is 5.64. The van der Waals surface area contributed by atoms with Gasteiger partial charge in [0.1, 0.15) is 5.82 Å². The van der Waals surface area contributed by atoms with E-state index in [1.807, 2.05) is 32.0 Å². The fourth-order valence-electron chi connectivity index (χ4n) is 3.78. The van der Waals surface area contributed by atoms with Crippen LogP contribution in [0.1, 0.15) is 34.6 Å². The number of pyridine rings is 1. The first-order valence-corrected chi connectivity index (χ1v) is 10.6. The van der Waals surface area contributed by atoms with Gasteiger partial charge in [0.25, 0.3) is 11.8 Å². The predicted octanol–water partition coefficient (Wildman–Crippen LogP) is 4.20. The topological polar surface area (TPSA) is 83.6 Å². The van der Waals surface area contributed by atoms with Crippen LogP contribution in [0.3, 0.4) is 0 Å². The SMILES string of the molecule is CC1CN(c2ccc(NC(=O)c3ccccc3NC(=O)c3ccccc3)cn2)CC(C)O1. The third kappa shape index (κ3) is 5.12. The van der Waals surface area contributed by atoms with E-state index < -0.39 is 0 Å². The largest absolute Gasteiger partial charge is 0.372 e. The van der Waals surface area contributed by atoms with Gasteiger partial charge in [0.2, 0.25) is 0 Å². The van der Waals surface area contributed by atoms with E-state index in [2.05, 4.69) is 20.5 Å². The molecule has 0 spiro atoms. The van der Waals surface area contributed by atoms with Gasteiger partial charge in [-0.15, -0.1) is 0 Å². The number of benzene rings is 2. The lowest BCUT2D eigenvalue weighted by Gasteiger charge is -2.36. The number of carbonyl (C=O) groups is 2. The van der Waals surface area contributed by atoms with E-state index in [9.17, 15) is 9.59 Å². The minimum Gasteiger partial charge on any atom is -0.372 e. The molecule has 2 atom stereocenters. The fourth-order valence-corrected chi connectivity index (χ4v) is 3.78. The molecule has 2 unspecified atom stereocenters. The van der Waals surface area contributed by atoms with Gasteiger partial charge in [0.15, 0.2) is 0 Å². The molecule has 1 saturated heterocycles. The molecule has 2 heterocycles. The molecule has 0 bridgehead atoms. The van der Waals surface area contributed by atoms with Crippen molar-refractivity contribution in [3.8, 4) is 0 Å². The molecule has 7 heteroatoms. The molecule has 1 fully saturated rings. The second-order valence-electron chi connectivity index (χ2n) is 7.89. The summed E-state index contributed by atoms with van der Waals surface area (Å²) in [5, 5.41) is 5.68. The number of rotatable bonds is 5. The summed E-state index contributed by atoms with van der Waals surface area (Å²) in [4.78, 5) is 32.1. The lowest BCUT2D eigenvalue weighted by Crippen LogP contribution is -2.45. The first-order valence-electron chi connectivity index (χ1n) is 10.6. The maximum Gasteiger partial charge on any atom is 0.257 e. The Morgan fingerprint density at radius 3 is 2.25 bits per heavy atom. The summed E-state index contributed by atoms with van der Waals surface area (Å²) in [6.07, 6.45) is 1.92. The molecule has 0 radical (unpaired) electrons. The van der Waals surface area contributed by atoms with Crippen LogP contribution in [0, 0.1) is 0 Å². The molecule has 2 N–H and O–H groups in total. The van der Waals surface area contributed by atoms with E-state index in [-0.39, 0.29) is 24.0 Å². The van der Waals surface area contributed by atoms with Gasteiger partial charge in [-0.25, -0.2) is 4.98 Å². The molecule has 2 aromatic carbocycles. The van der Waals surface area contributed by atoms with Crippen LogP contribution in [0.2, 0.25) is 0 Å². The van der Waals surface area contributed by atoms with Crippen LogP contribution < -0.4 is 15.5 Å². The molecule has 32 heavy (non-hydrogen) atoms. The highest BCUT2D eigenvalue weighted by molar-refractivity contribution is 6.12. The molecule has 2 amide bonds. The Bertz CT molecular complexity index is 1080. The highest BCUT2D eigenvalue weighted by Gasteiger charge is 2.23. The standard InChI is InChI=1S/C25H26N4O3/c1-17-15-29(16-18(2)32-17)23-13-12-20(14-26-23)27-25(31)21-10-6-7-11-22(21)28-24(30)19-8-4-3-5-9-19/h3-14,17-18H,15-16H2,1-2H3,(H,27,31)(H,28,30). The highest BCUT2D eigenvalue weighted by Crippen LogP contribution is 2.21. The maximum absolute atomic E-state index is 12.9. The van der Waals surface area contributed by atoms with E-state index in [4.69, 9.17) is 4.74 Å². The van der Waals surface area contributed by atoms with Crippen LogP contribution in [-0.2, 0) is 4.74 Å². The van der Waals surface area contributed by atoms with Crippen molar-refractivity contribution < 1.29 is 14.3 Å². The summed E-state index contributed by atoms with van der Waals surface area (Å²) in [5.41, 5.74) is 1.92. The van der Waals surface area contributed by atoms with E-state index >= 15 is 0 Å². The molecular formula is C25H26N4O3. The number of ether oxygens (including phenoxy) is 1. The third-order valence-electron chi connectivity index (χ3n) is 5.21. The van der Waals surface area contributed by atoms with Crippen molar-refractivity contribution in [3.05, 3.63) is 84.1 Å². The molecule has 164 valence electrons. The number of nitrogens with zero attached hydrogens (tertiary/aromatic N) is 2. The van der Waals surface area contributed by atoms with Crippen LogP contribution in [0.5, 0.6) is 0 Å². The van der Waals surface area contributed by atoms with Gasteiger partial charge in [-0.3, -0.25) is 9.59 Å². The Hall–Kier alpha value is -3.71. The van der Waals surface area contributed by atoms with Gasteiger partial charge in [0, 0.05) is 18.7 Å². The van der Waals surface area contributed by atoms with Crippen molar-refractivity contribution in [2.75, 3.05) is 28.6 Å². The Morgan fingerprint density at radius 2 is 1.56 bits per heavy atom. The van der Waals surface area contributed by atoms with E-state index in [0.717, 1.165) is 18.9 Å². The number of aromatic nitrogens is 1. The maximum atomic E-state index is 12.9. The zero-order valence-corrected chi connectivity index (χ0v) is 18.1. The number of para-hydroxylation sites is 1. The van der Waals surface area contributed by atoms with Gasteiger partial charge >= 0.3 is 0 Å². The van der Waals surface area contributed by atoms with Gasteiger partial charge in [-0.2, -0.15) is 0 Å². The average Bonchev–Trinajstić information content (AvgIpc) is 2.80. The van der Waals surface area contributed by atoms with Crippen LogP contribution in [0.4, 0.5) is 17.2 Å². The van der Waals surface area contributed by atoms with E-state index in [0.29, 0.717) is 22.5 Å². The number of anilines is 3. The molecule has 7 nitrogen and oxygen atoms in total. The van der Waals surface area contributed by atoms with E-state index in [1.54, 1.807) is 54.7 Å². The Balaban J connectivity index is 1.45. The third-order valence-corrected chi connectivity index (χ3v) is 5.21. The Labute approximate surface area is 187 Å². The molecular weight excluding hydrogens is 404 g/mol. The second-order valence-corrected chi connectivity index (χ2v) is 7.89.